The number of aromatic nitrogens is 1. The number of carbonyl (C=O) groups is 2. The van der Waals surface area contributed by atoms with Crippen molar-refractivity contribution >= 4 is 17.4 Å². The number of carbonyl (C=O) groups excluding carboxylic acids is 2. The van der Waals surface area contributed by atoms with E-state index >= 15 is 0 Å². The molecule has 0 bridgehead atoms. The topological polar surface area (TPSA) is 98.2 Å². The number of hydrogen-bond donors (Lipinski definition) is 1. The van der Waals surface area contributed by atoms with Crippen LogP contribution in [-0.2, 0) is 16.1 Å². The Morgan fingerprint density at radius 1 is 1.00 bits per heavy atom. The number of Topliss-reactive ketones (excluding diaryl/α,β-unsaturated/α-hetero) is 1. The second-order valence-electron chi connectivity index (χ2n) is 8.98. The lowest BCUT2D eigenvalue weighted by Gasteiger charge is -2.25. The number of amides is 1. The first kappa shape index (κ1) is 26.7. The average Bonchev–Trinajstić information content (AvgIpc) is 3.20. The van der Waals surface area contributed by atoms with Crippen LogP contribution in [0.4, 0.5) is 0 Å². The molecule has 0 spiro atoms. The minimum absolute atomic E-state index is 0.00252. The molecular weight excluding hydrogens is 484 g/mol. The van der Waals surface area contributed by atoms with Gasteiger partial charge in [0.1, 0.15) is 11.5 Å². The van der Waals surface area contributed by atoms with Crippen LogP contribution in [0.15, 0.2) is 72.6 Å². The second kappa shape index (κ2) is 12.3. The van der Waals surface area contributed by atoms with E-state index in [4.69, 9.17) is 14.2 Å². The lowest BCUT2D eigenvalue weighted by Crippen LogP contribution is -2.29. The van der Waals surface area contributed by atoms with Crippen LogP contribution in [0.25, 0.3) is 5.76 Å². The van der Waals surface area contributed by atoms with Crippen LogP contribution in [-0.4, -0.2) is 47.5 Å². The fraction of sp³-hybridized carbons (Fsp3) is 0.300. The molecule has 1 fully saturated rings. The standard InChI is InChI=1S/C30H32N2O6/c1-4-5-6-16-38-23-12-9-21(10-13-23)27-26(28(33)22-11-14-24(36-2)25(17-22)37-3)29(34)30(35)32(27)19-20-8-7-15-31-18-20/h7-15,17-18,27,33H,4-6,16,19H2,1-3H3. The molecule has 198 valence electrons. The molecule has 1 atom stereocenters. The summed E-state index contributed by atoms with van der Waals surface area (Å²) in [5.74, 6) is -0.168. The molecule has 0 saturated carbocycles. The van der Waals surface area contributed by atoms with E-state index in [0.29, 0.717) is 35.0 Å². The predicted molar refractivity (Wildman–Crippen MR) is 143 cm³/mol. The van der Waals surface area contributed by atoms with Gasteiger partial charge in [-0.25, -0.2) is 0 Å². The summed E-state index contributed by atoms with van der Waals surface area (Å²) in [6.45, 7) is 2.91. The van der Waals surface area contributed by atoms with Crippen molar-refractivity contribution in [3.05, 3.63) is 89.3 Å². The lowest BCUT2D eigenvalue weighted by molar-refractivity contribution is -0.140. The van der Waals surface area contributed by atoms with Crippen LogP contribution in [0.3, 0.4) is 0 Å². The molecular formula is C30H32N2O6. The van der Waals surface area contributed by atoms with Crippen molar-refractivity contribution in [1.82, 2.24) is 9.88 Å². The maximum absolute atomic E-state index is 13.3. The van der Waals surface area contributed by atoms with Crippen LogP contribution >= 0.6 is 0 Å². The van der Waals surface area contributed by atoms with E-state index in [1.165, 1.54) is 19.1 Å². The Hall–Kier alpha value is -4.33. The molecule has 1 unspecified atom stereocenters. The van der Waals surface area contributed by atoms with Gasteiger partial charge in [-0.15, -0.1) is 0 Å². The van der Waals surface area contributed by atoms with E-state index in [0.717, 1.165) is 24.8 Å². The molecule has 0 radical (unpaired) electrons. The first-order valence-electron chi connectivity index (χ1n) is 12.6. The van der Waals surface area contributed by atoms with Gasteiger partial charge in [-0.1, -0.05) is 38.0 Å². The summed E-state index contributed by atoms with van der Waals surface area (Å²) in [4.78, 5) is 32.2. The summed E-state index contributed by atoms with van der Waals surface area (Å²) in [6, 6.07) is 14.9. The summed E-state index contributed by atoms with van der Waals surface area (Å²) in [5.41, 5.74) is 1.78. The molecule has 4 rings (SSSR count). The molecule has 3 aromatic rings. The summed E-state index contributed by atoms with van der Waals surface area (Å²) in [7, 11) is 3.00. The van der Waals surface area contributed by atoms with Crippen molar-refractivity contribution in [3.63, 3.8) is 0 Å². The fourth-order valence-electron chi connectivity index (χ4n) is 4.51. The molecule has 1 amide bonds. The van der Waals surface area contributed by atoms with Gasteiger partial charge in [0, 0.05) is 24.5 Å². The van der Waals surface area contributed by atoms with Gasteiger partial charge in [0.25, 0.3) is 11.7 Å². The predicted octanol–water partition coefficient (Wildman–Crippen LogP) is 5.29. The van der Waals surface area contributed by atoms with Gasteiger partial charge in [0.15, 0.2) is 11.5 Å². The number of nitrogens with zero attached hydrogens (tertiary/aromatic N) is 2. The molecule has 8 heteroatoms. The number of ketones is 1. The number of unbranched alkanes of at least 4 members (excludes halogenated alkanes) is 2. The smallest absolute Gasteiger partial charge is 0.295 e. The molecule has 2 heterocycles. The van der Waals surface area contributed by atoms with Gasteiger partial charge in [-0.3, -0.25) is 14.6 Å². The number of aliphatic hydroxyl groups excluding tert-OH is 1. The monoisotopic (exact) mass is 516 g/mol. The Morgan fingerprint density at radius 3 is 2.42 bits per heavy atom. The molecule has 1 aliphatic heterocycles. The molecule has 8 nitrogen and oxygen atoms in total. The van der Waals surface area contributed by atoms with Crippen LogP contribution in [0.5, 0.6) is 17.2 Å². The molecule has 1 aliphatic rings. The highest BCUT2D eigenvalue weighted by Crippen LogP contribution is 2.41. The lowest BCUT2D eigenvalue weighted by atomic mass is 9.95. The zero-order valence-electron chi connectivity index (χ0n) is 21.8. The zero-order valence-corrected chi connectivity index (χ0v) is 21.8. The molecule has 38 heavy (non-hydrogen) atoms. The van der Waals surface area contributed by atoms with E-state index in [1.54, 1.807) is 36.7 Å². The SMILES string of the molecule is CCCCCOc1ccc(C2C(=C(O)c3ccc(OC)c(OC)c3)C(=O)C(=O)N2Cc2cccnc2)cc1. The van der Waals surface area contributed by atoms with Crippen molar-refractivity contribution in [2.45, 2.75) is 38.8 Å². The number of rotatable bonds is 11. The summed E-state index contributed by atoms with van der Waals surface area (Å²) in [5, 5.41) is 11.4. The van der Waals surface area contributed by atoms with E-state index < -0.39 is 17.7 Å². The highest BCUT2D eigenvalue weighted by Gasteiger charge is 2.46. The third-order valence-corrected chi connectivity index (χ3v) is 6.49. The van der Waals surface area contributed by atoms with Gasteiger partial charge < -0.3 is 24.2 Å². The van der Waals surface area contributed by atoms with Crippen molar-refractivity contribution in [2.75, 3.05) is 20.8 Å². The van der Waals surface area contributed by atoms with Crippen LogP contribution < -0.4 is 14.2 Å². The number of benzene rings is 2. The number of pyridine rings is 1. The number of ether oxygens (including phenoxy) is 3. The van der Waals surface area contributed by atoms with Crippen molar-refractivity contribution in [3.8, 4) is 17.2 Å². The number of hydrogen-bond acceptors (Lipinski definition) is 7. The Balaban J connectivity index is 1.76. The van der Waals surface area contributed by atoms with Crippen molar-refractivity contribution in [2.24, 2.45) is 0 Å². The van der Waals surface area contributed by atoms with Gasteiger partial charge in [-0.2, -0.15) is 0 Å². The first-order chi connectivity index (χ1) is 18.5. The Bertz CT molecular complexity index is 1300. The Labute approximate surface area is 222 Å². The Morgan fingerprint density at radius 2 is 1.76 bits per heavy atom. The van der Waals surface area contributed by atoms with E-state index in [9.17, 15) is 14.7 Å². The minimum Gasteiger partial charge on any atom is -0.507 e. The van der Waals surface area contributed by atoms with Gasteiger partial charge in [0.2, 0.25) is 0 Å². The highest BCUT2D eigenvalue weighted by atomic mass is 16.5. The molecule has 0 aliphatic carbocycles. The van der Waals surface area contributed by atoms with E-state index in [2.05, 4.69) is 11.9 Å². The van der Waals surface area contributed by atoms with E-state index in [-0.39, 0.29) is 17.9 Å². The summed E-state index contributed by atoms with van der Waals surface area (Å²) < 4.78 is 16.5. The second-order valence-corrected chi connectivity index (χ2v) is 8.98. The molecule has 1 aromatic heterocycles. The largest absolute Gasteiger partial charge is 0.507 e. The minimum atomic E-state index is -0.808. The summed E-state index contributed by atoms with van der Waals surface area (Å²) >= 11 is 0. The Kier molecular flexibility index (Phi) is 8.63. The molecule has 1 N–H and O–H groups in total. The molecule has 1 saturated heterocycles. The van der Waals surface area contributed by atoms with E-state index in [1.807, 2.05) is 30.3 Å². The number of aliphatic hydroxyl groups is 1. The van der Waals surface area contributed by atoms with Gasteiger partial charge in [-0.05, 0) is 53.9 Å². The van der Waals surface area contributed by atoms with Crippen molar-refractivity contribution < 1.29 is 28.9 Å². The van der Waals surface area contributed by atoms with Crippen LogP contribution in [0.2, 0.25) is 0 Å². The maximum Gasteiger partial charge on any atom is 0.295 e. The maximum atomic E-state index is 13.3. The number of likely N-dealkylation sites (tertiary alicyclic amines) is 1. The van der Waals surface area contributed by atoms with Crippen LogP contribution in [0.1, 0.15) is 48.9 Å². The number of methoxy groups -OCH3 is 2. The third kappa shape index (κ3) is 5.64. The van der Waals surface area contributed by atoms with Crippen molar-refractivity contribution in [1.29, 1.82) is 0 Å². The highest BCUT2D eigenvalue weighted by molar-refractivity contribution is 6.46. The quantitative estimate of drug-likeness (QED) is 0.160. The van der Waals surface area contributed by atoms with Crippen LogP contribution in [0, 0.1) is 0 Å². The van der Waals surface area contributed by atoms with Gasteiger partial charge >= 0.3 is 0 Å². The fourth-order valence-corrected chi connectivity index (χ4v) is 4.51. The molecule has 2 aromatic carbocycles. The third-order valence-electron chi connectivity index (χ3n) is 6.49. The summed E-state index contributed by atoms with van der Waals surface area (Å²) in [6.07, 6.45) is 6.47. The average molecular weight is 517 g/mol. The van der Waals surface area contributed by atoms with Gasteiger partial charge in [0.05, 0.1) is 32.4 Å². The zero-order chi connectivity index (χ0) is 27.1. The normalized spacial score (nSPS) is 16.5. The first-order valence-corrected chi connectivity index (χ1v) is 12.6.